The van der Waals surface area contributed by atoms with E-state index < -0.39 is 5.92 Å². The molecule has 0 spiro atoms. The second kappa shape index (κ2) is 13.9. The fraction of sp³-hybridized carbons (Fsp3) is 0.429. The Balaban J connectivity index is 0.000000522. The smallest absolute Gasteiger partial charge is 0.201 e. The van der Waals surface area contributed by atoms with Gasteiger partial charge in [0.05, 0.1) is 0 Å². The van der Waals surface area contributed by atoms with Gasteiger partial charge in [-0.3, -0.25) is 0 Å². The van der Waals surface area contributed by atoms with Crippen molar-refractivity contribution < 1.29 is 8.78 Å². The first-order valence-electron chi connectivity index (χ1n) is 10.9. The molecule has 166 valence electrons. The summed E-state index contributed by atoms with van der Waals surface area (Å²) in [7, 11) is 0. The zero-order valence-corrected chi connectivity index (χ0v) is 19.9. The minimum atomic E-state index is -2.71. The maximum Gasteiger partial charge on any atom is 0.273 e. The lowest BCUT2D eigenvalue weighted by Gasteiger charge is -2.17. The third kappa shape index (κ3) is 7.89. The second-order valence-electron chi connectivity index (χ2n) is 7.45. The number of halogens is 2. The van der Waals surface area contributed by atoms with Crippen LogP contribution in [0.4, 0.5) is 8.78 Å². The summed E-state index contributed by atoms with van der Waals surface area (Å²) in [6.45, 7) is 21.8. The first kappa shape index (κ1) is 27.8. The van der Waals surface area contributed by atoms with Gasteiger partial charge < -0.3 is 0 Å². The number of aryl methyl sites for hydroxylation is 3. The van der Waals surface area contributed by atoms with Gasteiger partial charge in [0.1, 0.15) is 0 Å². The summed E-state index contributed by atoms with van der Waals surface area (Å²) < 4.78 is 26.9. The molecule has 0 radical (unpaired) electrons. The van der Waals surface area contributed by atoms with Crippen molar-refractivity contribution in [3.05, 3.63) is 95.1 Å². The summed E-state index contributed by atoms with van der Waals surface area (Å²) in [4.78, 5) is 0. The Morgan fingerprint density at radius 3 is 2.03 bits per heavy atom. The Labute approximate surface area is 183 Å². The van der Waals surface area contributed by atoms with Crippen LogP contribution in [-0.4, -0.2) is 0 Å². The van der Waals surface area contributed by atoms with E-state index in [2.05, 4.69) is 59.6 Å². The van der Waals surface area contributed by atoms with E-state index in [-0.39, 0.29) is 12.0 Å². The Bertz CT molecular complexity index is 787. The summed E-state index contributed by atoms with van der Waals surface area (Å²) in [5.74, 6) is -2.71. The molecule has 2 aromatic rings. The normalized spacial score (nSPS) is 10.4. The summed E-state index contributed by atoms with van der Waals surface area (Å²) in [6, 6.07) is 9.60. The Hall–Kier alpha value is -2.22. The van der Waals surface area contributed by atoms with Gasteiger partial charge in [-0.2, -0.15) is 0 Å². The molecule has 30 heavy (non-hydrogen) atoms. The monoisotopic (exact) mass is 414 g/mol. The lowest BCUT2D eigenvalue weighted by Crippen LogP contribution is -2.13. The van der Waals surface area contributed by atoms with Crippen LogP contribution < -0.4 is 0 Å². The summed E-state index contributed by atoms with van der Waals surface area (Å²) in [5.41, 5.74) is 7.87. The number of hydrogen-bond donors (Lipinski definition) is 0. The molecule has 2 heteroatoms. The van der Waals surface area contributed by atoms with Crippen LogP contribution in [0.15, 0.2) is 56.1 Å². The lowest BCUT2D eigenvalue weighted by molar-refractivity contribution is -0.00890. The van der Waals surface area contributed by atoms with Crippen LogP contribution in [0.1, 0.15) is 72.6 Å². The average molecular weight is 415 g/mol. The molecule has 2 rings (SSSR count). The minimum absolute atomic E-state index is 0.137. The molecule has 0 aliphatic rings. The van der Waals surface area contributed by atoms with Crippen molar-refractivity contribution in [3.63, 3.8) is 0 Å². The van der Waals surface area contributed by atoms with E-state index >= 15 is 0 Å². The number of alkyl halides is 2. The summed E-state index contributed by atoms with van der Waals surface area (Å²) >= 11 is 0. The van der Waals surface area contributed by atoms with Crippen LogP contribution in [0.25, 0.3) is 0 Å². The number of hydrogen-bond acceptors (Lipinski definition) is 0. The lowest BCUT2D eigenvalue weighted by atomic mass is 9.93. The molecule has 0 unspecified atom stereocenters. The molecule has 0 aromatic heterocycles. The summed E-state index contributed by atoms with van der Waals surface area (Å²) in [6.07, 6.45) is 5.98. The van der Waals surface area contributed by atoms with Gasteiger partial charge in [-0.15, -0.1) is 19.7 Å². The fourth-order valence-electron chi connectivity index (χ4n) is 3.48. The maximum absolute atomic E-state index is 13.4. The first-order valence-corrected chi connectivity index (χ1v) is 10.9. The SMILES string of the molecule is C=C.C=CCc1ccc(C(F)(F)CC)c(C)c1.CCCc1c(CC)ccc(C)c1C. The number of allylic oxidation sites excluding steroid dienone is 1. The molecule has 2 aromatic carbocycles. The van der Waals surface area contributed by atoms with E-state index in [0.29, 0.717) is 5.56 Å². The standard InChI is InChI=1S/C13H16F2.C13H20.C2H4/c1-4-6-11-7-8-12(10(3)9-11)13(14,15)5-2;1-5-7-13-11(4)10(3)8-9-12(13)6-2;1-2/h4,7-9H,1,5-6H2,2-3H3;8-9H,5-7H2,1-4H3;1-2H2. The maximum atomic E-state index is 13.4. The Kier molecular flexibility index (Phi) is 12.9. The highest BCUT2D eigenvalue weighted by Crippen LogP contribution is 2.33. The fourth-order valence-corrected chi connectivity index (χ4v) is 3.48. The van der Waals surface area contributed by atoms with Crippen LogP contribution >= 0.6 is 0 Å². The molecule has 0 saturated heterocycles. The van der Waals surface area contributed by atoms with E-state index in [1.54, 1.807) is 30.7 Å². The van der Waals surface area contributed by atoms with E-state index in [0.717, 1.165) is 18.4 Å². The van der Waals surface area contributed by atoms with Crippen LogP contribution in [0, 0.1) is 20.8 Å². The van der Waals surface area contributed by atoms with E-state index in [4.69, 9.17) is 0 Å². The molecule has 0 aliphatic carbocycles. The van der Waals surface area contributed by atoms with Crippen molar-refractivity contribution in [1.29, 1.82) is 0 Å². The van der Waals surface area contributed by atoms with Gasteiger partial charge in [-0.25, -0.2) is 8.78 Å². The largest absolute Gasteiger partial charge is 0.273 e. The number of benzene rings is 2. The van der Waals surface area contributed by atoms with Gasteiger partial charge in [0.25, 0.3) is 5.92 Å². The Morgan fingerprint density at radius 2 is 1.57 bits per heavy atom. The van der Waals surface area contributed by atoms with Crippen molar-refractivity contribution in [2.75, 3.05) is 0 Å². The molecule has 0 fully saturated rings. The average Bonchev–Trinajstić information content (AvgIpc) is 2.74. The van der Waals surface area contributed by atoms with Crippen molar-refractivity contribution in [2.45, 2.75) is 79.6 Å². The zero-order chi connectivity index (χ0) is 23.3. The van der Waals surface area contributed by atoms with E-state index in [1.165, 1.54) is 42.5 Å². The zero-order valence-electron chi connectivity index (χ0n) is 19.9. The molecule has 0 N–H and O–H groups in total. The molecule has 0 aliphatic heterocycles. The third-order valence-corrected chi connectivity index (χ3v) is 5.36. The van der Waals surface area contributed by atoms with Gasteiger partial charge >= 0.3 is 0 Å². The van der Waals surface area contributed by atoms with Crippen LogP contribution in [-0.2, 0) is 25.2 Å². The number of rotatable bonds is 7. The summed E-state index contributed by atoms with van der Waals surface area (Å²) in [5, 5.41) is 0. The van der Waals surface area contributed by atoms with Crippen molar-refractivity contribution in [3.8, 4) is 0 Å². The van der Waals surface area contributed by atoms with E-state index in [1.807, 2.05) is 0 Å². The molecule has 0 heterocycles. The quantitative estimate of drug-likeness (QED) is 0.397. The molecule has 0 bridgehead atoms. The molecule has 0 saturated carbocycles. The topological polar surface area (TPSA) is 0 Å². The molecular weight excluding hydrogens is 374 g/mol. The van der Waals surface area contributed by atoms with Gasteiger partial charge in [0.2, 0.25) is 0 Å². The van der Waals surface area contributed by atoms with Gasteiger partial charge in [0.15, 0.2) is 0 Å². The first-order chi connectivity index (χ1) is 14.2. The predicted molar refractivity (Wildman–Crippen MR) is 130 cm³/mol. The Morgan fingerprint density at radius 1 is 0.933 bits per heavy atom. The van der Waals surface area contributed by atoms with Crippen molar-refractivity contribution in [1.82, 2.24) is 0 Å². The van der Waals surface area contributed by atoms with Crippen LogP contribution in [0.2, 0.25) is 0 Å². The predicted octanol–water partition coefficient (Wildman–Crippen LogP) is 8.85. The van der Waals surface area contributed by atoms with Gasteiger partial charge in [0, 0.05) is 12.0 Å². The van der Waals surface area contributed by atoms with Gasteiger partial charge in [-0.05, 0) is 73.4 Å². The van der Waals surface area contributed by atoms with Crippen LogP contribution in [0.3, 0.4) is 0 Å². The van der Waals surface area contributed by atoms with Gasteiger partial charge in [-0.1, -0.05) is 63.6 Å². The van der Waals surface area contributed by atoms with Crippen molar-refractivity contribution in [2.24, 2.45) is 0 Å². The van der Waals surface area contributed by atoms with E-state index in [9.17, 15) is 8.78 Å². The highest BCUT2D eigenvalue weighted by atomic mass is 19.3. The van der Waals surface area contributed by atoms with Crippen LogP contribution in [0.5, 0.6) is 0 Å². The van der Waals surface area contributed by atoms with Crippen molar-refractivity contribution >= 4 is 0 Å². The molecule has 0 amide bonds. The molecule has 0 atom stereocenters. The highest BCUT2D eigenvalue weighted by Gasteiger charge is 2.30. The minimum Gasteiger partial charge on any atom is -0.201 e. The highest BCUT2D eigenvalue weighted by molar-refractivity contribution is 5.40. The second-order valence-corrected chi connectivity index (χ2v) is 7.45. The molecular formula is C28H40F2. The third-order valence-electron chi connectivity index (χ3n) is 5.36. The molecule has 0 nitrogen and oxygen atoms in total.